The highest BCUT2D eigenvalue weighted by molar-refractivity contribution is 7.90. The molecule has 0 aromatic rings. The molecule has 154 valence electrons. The maximum absolute atomic E-state index is 12.6. The molecule has 1 saturated heterocycles. The maximum Gasteiger partial charge on any atom is 0.410 e. The molecule has 5 nitrogen and oxygen atoms in total. The molecule has 1 heterocycles. The Morgan fingerprint density at radius 2 is 1.73 bits per heavy atom. The normalized spacial score (nSPS) is 22.3. The Kier molecular flexibility index (Phi) is 6.88. The molecule has 1 aliphatic heterocycles. The van der Waals surface area contributed by atoms with E-state index in [1.807, 2.05) is 25.7 Å². The van der Waals surface area contributed by atoms with Crippen LogP contribution in [0.5, 0.6) is 0 Å². The quantitative estimate of drug-likeness (QED) is 0.694. The van der Waals surface area contributed by atoms with Crippen LogP contribution in [0.4, 0.5) is 4.79 Å². The van der Waals surface area contributed by atoms with Crippen molar-refractivity contribution in [2.45, 2.75) is 85.8 Å². The lowest BCUT2D eigenvalue weighted by molar-refractivity contribution is 0.0130. The van der Waals surface area contributed by atoms with Crippen molar-refractivity contribution in [1.29, 1.82) is 0 Å². The van der Waals surface area contributed by atoms with Crippen LogP contribution in [-0.2, 0) is 14.6 Å². The minimum absolute atomic E-state index is 0.0777. The average molecular weight is 390 g/mol. The second-order valence-electron chi connectivity index (χ2n) is 10.9. The van der Waals surface area contributed by atoms with Crippen molar-refractivity contribution in [1.82, 2.24) is 4.90 Å². The van der Waals surface area contributed by atoms with E-state index in [1.165, 1.54) is 6.26 Å². The van der Waals surface area contributed by atoms with Crippen LogP contribution in [0, 0.1) is 17.3 Å². The molecule has 1 rings (SSSR count). The lowest BCUT2D eigenvalue weighted by atomic mass is 9.80. The van der Waals surface area contributed by atoms with Gasteiger partial charge in [-0.25, -0.2) is 13.2 Å². The van der Waals surface area contributed by atoms with Crippen LogP contribution in [0.1, 0.15) is 74.7 Å². The van der Waals surface area contributed by atoms with E-state index in [2.05, 4.69) is 34.6 Å². The summed E-state index contributed by atoms with van der Waals surface area (Å²) in [5.74, 6) is 0.629. The first-order valence-electron chi connectivity index (χ1n) is 9.56. The third kappa shape index (κ3) is 8.28. The highest BCUT2D eigenvalue weighted by atomic mass is 32.2. The average Bonchev–Trinajstić information content (AvgIpc) is 2.56. The lowest BCUT2D eigenvalue weighted by Crippen LogP contribution is -2.45. The van der Waals surface area contributed by atoms with Gasteiger partial charge < -0.3 is 9.64 Å². The van der Waals surface area contributed by atoms with E-state index in [0.717, 1.165) is 19.3 Å². The van der Waals surface area contributed by atoms with Crippen LogP contribution in [0.3, 0.4) is 0 Å². The molecule has 0 saturated carbocycles. The standard InChI is InChI=1S/C20H39NO4S/c1-18(2,3)11-16(14-26(9,23)24)10-15-12-20(7,8)21(13-15)17(22)25-19(4,5)6/h15-16H,10-14H2,1-9H3/t15-,16?/m0/s1. The summed E-state index contributed by atoms with van der Waals surface area (Å²) in [5, 5.41) is 0. The monoisotopic (exact) mass is 389 g/mol. The minimum Gasteiger partial charge on any atom is -0.444 e. The fraction of sp³-hybridized carbons (Fsp3) is 0.950. The first kappa shape index (κ1) is 23.3. The molecule has 26 heavy (non-hydrogen) atoms. The Morgan fingerprint density at radius 1 is 1.19 bits per heavy atom. The van der Waals surface area contributed by atoms with Gasteiger partial charge in [-0.3, -0.25) is 0 Å². The van der Waals surface area contributed by atoms with Gasteiger partial charge >= 0.3 is 6.09 Å². The summed E-state index contributed by atoms with van der Waals surface area (Å²) in [6, 6.07) is 0. The van der Waals surface area contributed by atoms with Crippen LogP contribution in [-0.4, -0.2) is 49.1 Å². The predicted molar refractivity (Wildman–Crippen MR) is 107 cm³/mol. The third-order valence-corrected chi connectivity index (χ3v) is 5.76. The highest BCUT2D eigenvalue weighted by Crippen LogP contribution is 2.39. The van der Waals surface area contributed by atoms with Gasteiger partial charge in [-0.1, -0.05) is 20.8 Å². The van der Waals surface area contributed by atoms with E-state index in [1.54, 1.807) is 0 Å². The zero-order valence-electron chi connectivity index (χ0n) is 18.2. The molecule has 0 aliphatic carbocycles. The van der Waals surface area contributed by atoms with Gasteiger partial charge in [0.05, 0.1) is 5.75 Å². The summed E-state index contributed by atoms with van der Waals surface area (Å²) in [5.41, 5.74) is -0.713. The van der Waals surface area contributed by atoms with E-state index < -0.39 is 15.4 Å². The van der Waals surface area contributed by atoms with Crippen LogP contribution in [0.15, 0.2) is 0 Å². The molecule has 0 aromatic heterocycles. The zero-order valence-corrected chi connectivity index (χ0v) is 19.0. The van der Waals surface area contributed by atoms with Crippen LogP contribution >= 0.6 is 0 Å². The molecule has 1 aliphatic rings. The SMILES string of the molecule is CC(C)(C)CC(C[C@@H]1CN(C(=O)OC(C)(C)C)C(C)(C)C1)CS(C)(=O)=O. The van der Waals surface area contributed by atoms with Crippen LogP contribution in [0.25, 0.3) is 0 Å². The molecule has 1 amide bonds. The van der Waals surface area contributed by atoms with Crippen molar-refractivity contribution in [3.8, 4) is 0 Å². The van der Waals surface area contributed by atoms with Gasteiger partial charge in [-0.05, 0) is 71.1 Å². The summed E-state index contributed by atoms with van der Waals surface area (Å²) in [6.45, 7) is 16.8. The van der Waals surface area contributed by atoms with Crippen LogP contribution in [0.2, 0.25) is 0 Å². The smallest absolute Gasteiger partial charge is 0.410 e. The Morgan fingerprint density at radius 3 is 2.15 bits per heavy atom. The van der Waals surface area contributed by atoms with Crippen molar-refractivity contribution >= 4 is 15.9 Å². The largest absolute Gasteiger partial charge is 0.444 e. The molecule has 1 fully saturated rings. The van der Waals surface area contributed by atoms with Gasteiger partial charge in [0.15, 0.2) is 0 Å². The summed E-state index contributed by atoms with van der Waals surface area (Å²) in [7, 11) is -3.03. The fourth-order valence-corrected chi connectivity index (χ4v) is 5.27. The Balaban J connectivity index is 2.86. The molecule has 6 heteroatoms. The maximum atomic E-state index is 12.6. The summed E-state index contributed by atoms with van der Waals surface area (Å²) < 4.78 is 29.3. The number of likely N-dealkylation sites (tertiary alicyclic amines) is 1. The zero-order chi connectivity index (χ0) is 20.6. The molecule has 0 bridgehead atoms. The first-order valence-corrected chi connectivity index (χ1v) is 11.6. The number of nitrogens with zero attached hydrogens (tertiary/aromatic N) is 1. The lowest BCUT2D eigenvalue weighted by Gasteiger charge is -2.33. The predicted octanol–water partition coefficient (Wildman–Crippen LogP) is 4.51. The number of hydrogen-bond acceptors (Lipinski definition) is 4. The van der Waals surface area contributed by atoms with Gasteiger partial charge in [0.1, 0.15) is 15.4 Å². The van der Waals surface area contributed by atoms with Crippen molar-refractivity contribution in [2.24, 2.45) is 17.3 Å². The first-order chi connectivity index (χ1) is 11.4. The summed E-state index contributed by atoms with van der Waals surface area (Å²) in [4.78, 5) is 14.4. The number of ether oxygens (including phenoxy) is 1. The molecule has 0 N–H and O–H groups in total. The summed E-state index contributed by atoms with van der Waals surface area (Å²) >= 11 is 0. The second kappa shape index (κ2) is 7.69. The molecule has 0 aromatic carbocycles. The molecular weight excluding hydrogens is 350 g/mol. The number of carbonyl (C=O) groups excluding carboxylic acids is 1. The third-order valence-electron chi connectivity index (χ3n) is 4.68. The van der Waals surface area contributed by atoms with E-state index in [4.69, 9.17) is 4.74 Å². The van der Waals surface area contributed by atoms with Crippen molar-refractivity contribution in [2.75, 3.05) is 18.6 Å². The van der Waals surface area contributed by atoms with Gasteiger partial charge in [0, 0.05) is 18.3 Å². The van der Waals surface area contributed by atoms with Gasteiger partial charge in [0.2, 0.25) is 0 Å². The topological polar surface area (TPSA) is 63.7 Å². The number of rotatable bonds is 5. The fourth-order valence-electron chi connectivity index (χ4n) is 4.16. The highest BCUT2D eigenvalue weighted by Gasteiger charge is 2.43. The van der Waals surface area contributed by atoms with Crippen molar-refractivity contribution in [3.05, 3.63) is 0 Å². The second-order valence-corrected chi connectivity index (χ2v) is 13.1. The van der Waals surface area contributed by atoms with E-state index in [9.17, 15) is 13.2 Å². The number of hydrogen-bond donors (Lipinski definition) is 0. The molecule has 2 atom stereocenters. The van der Waals surface area contributed by atoms with Gasteiger partial charge in [0.25, 0.3) is 0 Å². The molecular formula is C20H39NO4S. The number of sulfone groups is 1. The van der Waals surface area contributed by atoms with Gasteiger partial charge in [-0.15, -0.1) is 0 Å². The molecule has 1 unspecified atom stereocenters. The van der Waals surface area contributed by atoms with Gasteiger partial charge in [-0.2, -0.15) is 0 Å². The van der Waals surface area contributed by atoms with Crippen molar-refractivity contribution in [3.63, 3.8) is 0 Å². The number of carbonyl (C=O) groups is 1. The Hall–Kier alpha value is -0.780. The summed E-state index contributed by atoms with van der Waals surface area (Å²) in [6.07, 6.45) is 3.60. The minimum atomic E-state index is -3.03. The van der Waals surface area contributed by atoms with Crippen LogP contribution < -0.4 is 0 Å². The number of amides is 1. The van der Waals surface area contributed by atoms with E-state index >= 15 is 0 Å². The molecule has 0 radical (unpaired) electrons. The Bertz CT molecular complexity index is 596. The Labute approximate surface area is 160 Å². The molecule has 0 spiro atoms. The van der Waals surface area contributed by atoms with Crippen molar-refractivity contribution < 1.29 is 17.9 Å². The van der Waals surface area contributed by atoms with E-state index in [-0.39, 0.29) is 28.7 Å². The van der Waals surface area contributed by atoms with E-state index in [0.29, 0.717) is 12.5 Å².